The van der Waals surface area contributed by atoms with Crippen LogP contribution in [0.3, 0.4) is 0 Å². The molecular weight excluding hydrogens is 374 g/mol. The van der Waals surface area contributed by atoms with Crippen LogP contribution >= 0.6 is 22.9 Å². The summed E-state index contributed by atoms with van der Waals surface area (Å²) < 4.78 is 0. The van der Waals surface area contributed by atoms with Gasteiger partial charge in [-0.05, 0) is 36.5 Å². The Kier molecular flexibility index (Phi) is 4.54. The molecule has 27 heavy (non-hydrogen) atoms. The van der Waals surface area contributed by atoms with Crippen molar-refractivity contribution in [1.82, 2.24) is 4.98 Å². The number of thiophene rings is 1. The topological polar surface area (TPSA) is 28.2 Å². The van der Waals surface area contributed by atoms with Crippen molar-refractivity contribution < 1.29 is 0 Å². The molecule has 4 rings (SSSR count). The van der Waals surface area contributed by atoms with Gasteiger partial charge in [0.1, 0.15) is 5.82 Å². The van der Waals surface area contributed by atoms with E-state index in [1.165, 1.54) is 11.1 Å². The molecule has 1 aliphatic carbocycles. The summed E-state index contributed by atoms with van der Waals surface area (Å²) in [4.78, 5) is 8.59. The number of halogens is 1. The summed E-state index contributed by atoms with van der Waals surface area (Å²) >= 11 is 7.82. The average molecular weight is 394 g/mol. The molecule has 0 radical (unpaired) electrons. The van der Waals surface area contributed by atoms with Crippen molar-refractivity contribution in [1.29, 1.82) is 0 Å². The number of anilines is 2. The van der Waals surface area contributed by atoms with Crippen LogP contribution in [0.4, 0.5) is 11.4 Å². The van der Waals surface area contributed by atoms with Crippen molar-refractivity contribution in [3.8, 4) is 0 Å². The minimum absolute atomic E-state index is 0.486. The number of rotatable bonds is 4. The number of aryl methyl sites for hydroxylation is 1. The van der Waals surface area contributed by atoms with Gasteiger partial charge in [-0.15, -0.1) is 11.3 Å². The Morgan fingerprint density at radius 1 is 1.30 bits per heavy atom. The van der Waals surface area contributed by atoms with E-state index in [9.17, 15) is 0 Å². The summed E-state index contributed by atoms with van der Waals surface area (Å²) in [6, 6.07) is 2.06. The minimum Gasteiger partial charge on any atom is -0.341 e. The van der Waals surface area contributed by atoms with Crippen LogP contribution in [-0.2, 0) is 12.8 Å². The number of aromatic nitrogens is 1. The Hall–Kier alpha value is -2.56. The molecule has 2 aromatic heterocycles. The second-order valence-electron chi connectivity index (χ2n) is 6.58. The maximum Gasteiger partial charge on any atom is 0.108 e. The molecule has 0 bridgehead atoms. The van der Waals surface area contributed by atoms with Crippen LogP contribution in [0.25, 0.3) is 11.3 Å². The van der Waals surface area contributed by atoms with Gasteiger partial charge in [-0.25, -0.2) is 0 Å². The summed E-state index contributed by atoms with van der Waals surface area (Å²) in [5.74, 6) is 0.776. The van der Waals surface area contributed by atoms with E-state index in [0.717, 1.165) is 57.5 Å². The molecular formula is C22H20ClN3S. The Morgan fingerprint density at radius 2 is 2.11 bits per heavy atom. The maximum atomic E-state index is 6.19. The molecule has 0 spiro atoms. The standard InChI is InChI=1S/C22H20ClN3S/c1-5-7-17(13(2)23)21-10-19-22(27-21)14(3)26(15(4)25-19)20-12-24-11-16-8-6-9-18(16)20/h5,7,10-12,25H,1-4,6,8-9H2/b17-7+. The highest BCUT2D eigenvalue weighted by Crippen LogP contribution is 2.46. The highest BCUT2D eigenvalue weighted by atomic mass is 35.5. The van der Waals surface area contributed by atoms with Crippen molar-refractivity contribution in [3.63, 3.8) is 0 Å². The van der Waals surface area contributed by atoms with Crippen LogP contribution in [-0.4, -0.2) is 4.98 Å². The second kappa shape index (κ2) is 6.87. The lowest BCUT2D eigenvalue weighted by molar-refractivity contribution is 0.910. The van der Waals surface area contributed by atoms with E-state index in [1.807, 2.05) is 18.5 Å². The van der Waals surface area contributed by atoms with Crippen molar-refractivity contribution in [2.24, 2.45) is 0 Å². The molecule has 5 heteroatoms. The lowest BCUT2D eigenvalue weighted by atomic mass is 10.1. The van der Waals surface area contributed by atoms with Gasteiger partial charge >= 0.3 is 0 Å². The summed E-state index contributed by atoms with van der Waals surface area (Å²) in [6.07, 6.45) is 10.8. The van der Waals surface area contributed by atoms with Crippen LogP contribution in [0.1, 0.15) is 27.3 Å². The van der Waals surface area contributed by atoms with Crippen LogP contribution < -0.4 is 10.2 Å². The minimum atomic E-state index is 0.486. The highest BCUT2D eigenvalue weighted by Gasteiger charge is 2.30. The quantitative estimate of drug-likeness (QED) is 0.615. The number of hydrogen-bond acceptors (Lipinski definition) is 4. The predicted octanol–water partition coefficient (Wildman–Crippen LogP) is 6.33. The first-order valence-electron chi connectivity index (χ1n) is 8.74. The van der Waals surface area contributed by atoms with Crippen molar-refractivity contribution in [2.45, 2.75) is 19.3 Å². The van der Waals surface area contributed by atoms with Crippen LogP contribution in [0.2, 0.25) is 0 Å². The number of nitrogens with zero attached hydrogens (tertiary/aromatic N) is 2. The van der Waals surface area contributed by atoms with Gasteiger partial charge in [0, 0.05) is 21.7 Å². The lowest BCUT2D eigenvalue weighted by Gasteiger charge is -2.34. The normalized spacial score (nSPS) is 16.0. The summed E-state index contributed by atoms with van der Waals surface area (Å²) in [5.41, 5.74) is 6.47. The lowest BCUT2D eigenvalue weighted by Crippen LogP contribution is -2.29. The smallest absolute Gasteiger partial charge is 0.108 e. The molecule has 1 N–H and O–H groups in total. The third-order valence-corrected chi connectivity index (χ3v) is 6.31. The predicted molar refractivity (Wildman–Crippen MR) is 118 cm³/mol. The first-order chi connectivity index (χ1) is 13.0. The Morgan fingerprint density at radius 3 is 2.85 bits per heavy atom. The third kappa shape index (κ3) is 2.95. The van der Waals surface area contributed by atoms with Gasteiger partial charge in [0.15, 0.2) is 0 Å². The molecule has 0 atom stereocenters. The summed E-state index contributed by atoms with van der Waals surface area (Å²) in [6.45, 7) is 16.2. The van der Waals surface area contributed by atoms with Crippen LogP contribution in [0.15, 0.2) is 67.8 Å². The molecule has 3 nitrogen and oxygen atoms in total. The van der Waals surface area contributed by atoms with Gasteiger partial charge < -0.3 is 5.32 Å². The van der Waals surface area contributed by atoms with E-state index >= 15 is 0 Å². The molecule has 0 saturated heterocycles. The summed E-state index contributed by atoms with van der Waals surface area (Å²) in [5, 5.41) is 3.90. The molecule has 2 aliphatic rings. The Labute approximate surface area is 168 Å². The zero-order valence-electron chi connectivity index (χ0n) is 15.0. The fourth-order valence-electron chi connectivity index (χ4n) is 3.69. The number of hydrogen-bond donors (Lipinski definition) is 1. The molecule has 2 aromatic rings. The Balaban J connectivity index is 1.78. The molecule has 0 fully saturated rings. The van der Waals surface area contributed by atoms with Crippen LogP contribution in [0, 0.1) is 0 Å². The molecule has 0 saturated carbocycles. The van der Waals surface area contributed by atoms with Gasteiger partial charge in [-0.2, -0.15) is 0 Å². The van der Waals surface area contributed by atoms with E-state index < -0.39 is 0 Å². The Bertz CT molecular complexity index is 1030. The fraction of sp³-hybridized carbons (Fsp3) is 0.136. The molecule has 0 unspecified atom stereocenters. The van der Waals surface area contributed by atoms with Gasteiger partial charge in [0.05, 0.1) is 28.1 Å². The monoisotopic (exact) mass is 393 g/mol. The van der Waals surface area contributed by atoms with Gasteiger partial charge in [0.25, 0.3) is 0 Å². The van der Waals surface area contributed by atoms with E-state index in [2.05, 4.69) is 47.6 Å². The van der Waals surface area contributed by atoms with Crippen molar-refractivity contribution >= 4 is 45.6 Å². The zero-order chi connectivity index (χ0) is 19.1. The summed E-state index contributed by atoms with van der Waals surface area (Å²) in [7, 11) is 0. The molecule has 0 amide bonds. The van der Waals surface area contributed by atoms with Gasteiger partial charge in [-0.1, -0.05) is 50.1 Å². The third-order valence-electron chi connectivity index (χ3n) is 4.89. The largest absolute Gasteiger partial charge is 0.341 e. The molecule has 136 valence electrons. The van der Waals surface area contributed by atoms with E-state index in [0.29, 0.717) is 5.03 Å². The first kappa shape index (κ1) is 17.8. The number of pyridine rings is 1. The zero-order valence-corrected chi connectivity index (χ0v) is 16.6. The average Bonchev–Trinajstić information content (AvgIpc) is 3.26. The molecule has 1 aliphatic heterocycles. The number of fused-ring (bicyclic) bond motifs is 2. The van der Waals surface area contributed by atoms with Crippen molar-refractivity contribution in [2.75, 3.05) is 10.2 Å². The molecule has 0 aromatic carbocycles. The first-order valence-corrected chi connectivity index (χ1v) is 9.93. The van der Waals surface area contributed by atoms with Crippen molar-refractivity contribution in [3.05, 3.63) is 88.7 Å². The molecule has 3 heterocycles. The van der Waals surface area contributed by atoms with Gasteiger partial charge in [0.2, 0.25) is 0 Å². The van der Waals surface area contributed by atoms with Gasteiger partial charge in [-0.3, -0.25) is 9.88 Å². The maximum absolute atomic E-state index is 6.19. The van der Waals surface area contributed by atoms with Crippen LogP contribution in [0.5, 0.6) is 0 Å². The fourth-order valence-corrected chi connectivity index (χ4v) is 5.04. The number of allylic oxidation sites excluding steroid dienone is 4. The van der Waals surface area contributed by atoms with E-state index in [1.54, 1.807) is 17.4 Å². The second-order valence-corrected chi connectivity index (χ2v) is 8.09. The SMILES string of the molecule is C=C/C=C(\C(=C)Cl)c1cc2c(s1)C(=C)N(c1cncc3c1CCC3)C(=C)N2. The van der Waals surface area contributed by atoms with E-state index in [-0.39, 0.29) is 0 Å². The number of nitrogens with one attached hydrogen (secondary N) is 1. The van der Waals surface area contributed by atoms with E-state index in [4.69, 9.17) is 11.6 Å². The highest BCUT2D eigenvalue weighted by molar-refractivity contribution is 7.15.